The number of hydrogen-bond donors (Lipinski definition) is 0. The number of carbonyl (C=O) groups is 4. The van der Waals surface area contributed by atoms with Crippen LogP contribution in [-0.4, -0.2) is 86.2 Å². The van der Waals surface area contributed by atoms with Gasteiger partial charge in [-0.05, 0) is 37.3 Å². The minimum Gasteiger partial charge on any atom is -0.490 e. The van der Waals surface area contributed by atoms with Crippen molar-refractivity contribution in [3.8, 4) is 11.5 Å². The normalized spacial score (nSPS) is 15.1. The lowest BCUT2D eigenvalue weighted by molar-refractivity contribution is -0.137. The third kappa shape index (κ3) is 5.43. The Morgan fingerprint density at radius 1 is 0.943 bits per heavy atom. The van der Waals surface area contributed by atoms with Crippen LogP contribution in [0, 0.1) is 0 Å². The molecule has 1 saturated heterocycles. The van der Waals surface area contributed by atoms with Gasteiger partial charge in [0, 0.05) is 13.1 Å². The number of morpholine rings is 1. The summed E-state index contributed by atoms with van der Waals surface area (Å²) in [5.74, 6) is -0.985. The van der Waals surface area contributed by atoms with E-state index in [0.717, 1.165) is 4.90 Å². The lowest BCUT2D eigenvalue weighted by Gasteiger charge is -2.26. The molecule has 3 amide bonds. The molecule has 184 valence electrons. The van der Waals surface area contributed by atoms with Gasteiger partial charge in [-0.3, -0.25) is 19.3 Å². The van der Waals surface area contributed by atoms with Crippen molar-refractivity contribution in [1.29, 1.82) is 0 Å². The van der Waals surface area contributed by atoms with Crippen molar-refractivity contribution >= 4 is 23.7 Å². The predicted octanol–water partition coefficient (Wildman–Crippen LogP) is 1.78. The van der Waals surface area contributed by atoms with E-state index in [1.54, 1.807) is 42.2 Å². The van der Waals surface area contributed by atoms with Crippen LogP contribution < -0.4 is 9.47 Å². The van der Waals surface area contributed by atoms with Gasteiger partial charge in [0.2, 0.25) is 0 Å². The molecule has 0 unspecified atom stereocenters. The van der Waals surface area contributed by atoms with Crippen LogP contribution >= 0.6 is 0 Å². The Morgan fingerprint density at radius 3 is 2.29 bits per heavy atom. The summed E-state index contributed by atoms with van der Waals surface area (Å²) in [6, 6.07) is 11.1. The van der Waals surface area contributed by atoms with Crippen molar-refractivity contribution in [3.05, 3.63) is 59.2 Å². The third-order valence-corrected chi connectivity index (χ3v) is 5.62. The van der Waals surface area contributed by atoms with Gasteiger partial charge in [-0.2, -0.15) is 0 Å². The van der Waals surface area contributed by atoms with Crippen molar-refractivity contribution < 1.29 is 38.1 Å². The molecule has 35 heavy (non-hydrogen) atoms. The number of amides is 3. The first kappa shape index (κ1) is 24.2. The molecule has 0 saturated carbocycles. The zero-order valence-corrected chi connectivity index (χ0v) is 19.4. The highest BCUT2D eigenvalue weighted by atomic mass is 16.5. The standard InChI is InChI=1S/C25H26N2O8/c1-2-33-21-15-17(7-8-20(21)35-16-22(28)26-9-12-32-13-10-26)25(31)34-14-11-27-23(29)18-5-3-4-6-19(18)24(27)30/h3-8,15H,2,9-14,16H2,1H3. The van der Waals surface area contributed by atoms with Gasteiger partial charge >= 0.3 is 5.97 Å². The molecule has 2 aliphatic heterocycles. The van der Waals surface area contributed by atoms with Gasteiger partial charge in [-0.15, -0.1) is 0 Å². The van der Waals surface area contributed by atoms with Crippen LogP contribution in [0.3, 0.4) is 0 Å². The molecule has 0 bridgehead atoms. The third-order valence-electron chi connectivity index (χ3n) is 5.62. The first-order valence-corrected chi connectivity index (χ1v) is 11.4. The van der Waals surface area contributed by atoms with Crippen molar-refractivity contribution in [2.45, 2.75) is 6.92 Å². The Kier molecular flexibility index (Phi) is 7.61. The molecular weight excluding hydrogens is 456 g/mol. The maximum Gasteiger partial charge on any atom is 0.338 e. The number of hydrogen-bond acceptors (Lipinski definition) is 8. The van der Waals surface area contributed by atoms with Crippen molar-refractivity contribution in [2.24, 2.45) is 0 Å². The summed E-state index contributed by atoms with van der Waals surface area (Å²) in [5.41, 5.74) is 0.892. The SMILES string of the molecule is CCOc1cc(C(=O)OCCN2C(=O)c3ccccc3C2=O)ccc1OCC(=O)N1CCOCC1. The zero-order valence-electron chi connectivity index (χ0n) is 19.4. The number of nitrogens with zero attached hydrogens (tertiary/aromatic N) is 2. The molecule has 2 aromatic carbocycles. The summed E-state index contributed by atoms with van der Waals surface area (Å²) in [5, 5.41) is 0. The number of carbonyl (C=O) groups excluding carboxylic acids is 4. The summed E-state index contributed by atoms with van der Waals surface area (Å²) in [7, 11) is 0. The van der Waals surface area contributed by atoms with E-state index in [0.29, 0.717) is 55.5 Å². The minimum absolute atomic E-state index is 0.0543. The Labute approximate surface area is 202 Å². The Hall–Kier alpha value is -3.92. The molecule has 2 aliphatic rings. The number of fused-ring (bicyclic) bond motifs is 1. The highest BCUT2D eigenvalue weighted by Crippen LogP contribution is 2.29. The van der Waals surface area contributed by atoms with Crippen LogP contribution in [0.15, 0.2) is 42.5 Å². The lowest BCUT2D eigenvalue weighted by atomic mass is 10.1. The second-order valence-corrected chi connectivity index (χ2v) is 7.82. The van der Waals surface area contributed by atoms with E-state index < -0.39 is 17.8 Å². The van der Waals surface area contributed by atoms with Gasteiger partial charge in [0.05, 0.1) is 43.1 Å². The molecule has 10 nitrogen and oxygen atoms in total. The molecule has 0 N–H and O–H groups in total. The van der Waals surface area contributed by atoms with E-state index in [1.165, 1.54) is 12.1 Å². The van der Waals surface area contributed by atoms with Crippen LogP contribution in [0.1, 0.15) is 38.0 Å². The fourth-order valence-electron chi connectivity index (χ4n) is 3.82. The highest BCUT2D eigenvalue weighted by molar-refractivity contribution is 6.21. The summed E-state index contributed by atoms with van der Waals surface area (Å²) >= 11 is 0. The quantitative estimate of drug-likeness (QED) is 0.393. The minimum atomic E-state index is -0.640. The molecule has 10 heteroatoms. The smallest absolute Gasteiger partial charge is 0.338 e. The summed E-state index contributed by atoms with van der Waals surface area (Å²) in [4.78, 5) is 52.5. The summed E-state index contributed by atoms with van der Waals surface area (Å²) in [6.07, 6.45) is 0. The molecule has 1 fully saturated rings. The van der Waals surface area contributed by atoms with Crippen LogP contribution in [0.25, 0.3) is 0 Å². The first-order chi connectivity index (χ1) is 17.0. The van der Waals surface area contributed by atoms with Crippen LogP contribution in [0.2, 0.25) is 0 Å². The number of esters is 1. The molecule has 0 atom stereocenters. The number of imide groups is 1. The van der Waals surface area contributed by atoms with Gasteiger partial charge in [-0.25, -0.2) is 4.79 Å². The zero-order chi connectivity index (χ0) is 24.8. The number of rotatable bonds is 9. The van der Waals surface area contributed by atoms with E-state index in [-0.39, 0.29) is 31.2 Å². The summed E-state index contributed by atoms with van der Waals surface area (Å²) in [6.45, 7) is 3.78. The average Bonchev–Trinajstić information content (AvgIpc) is 3.13. The van der Waals surface area contributed by atoms with Crippen LogP contribution in [0.5, 0.6) is 11.5 Å². The van der Waals surface area contributed by atoms with E-state index in [1.807, 2.05) is 0 Å². The fraction of sp³-hybridized carbons (Fsp3) is 0.360. The maximum atomic E-state index is 12.6. The molecule has 4 rings (SSSR count). The number of ether oxygens (including phenoxy) is 4. The van der Waals surface area contributed by atoms with Gasteiger partial charge in [0.1, 0.15) is 6.61 Å². The second-order valence-electron chi connectivity index (χ2n) is 7.82. The lowest BCUT2D eigenvalue weighted by Crippen LogP contribution is -2.43. The van der Waals surface area contributed by atoms with Gasteiger partial charge < -0.3 is 23.8 Å². The van der Waals surface area contributed by atoms with E-state index in [2.05, 4.69) is 0 Å². The fourth-order valence-corrected chi connectivity index (χ4v) is 3.82. The molecule has 0 aliphatic carbocycles. The van der Waals surface area contributed by atoms with Crippen molar-refractivity contribution in [1.82, 2.24) is 9.80 Å². The highest BCUT2D eigenvalue weighted by Gasteiger charge is 2.34. The predicted molar refractivity (Wildman–Crippen MR) is 123 cm³/mol. The van der Waals surface area contributed by atoms with E-state index in [9.17, 15) is 19.2 Å². The van der Waals surface area contributed by atoms with E-state index in [4.69, 9.17) is 18.9 Å². The average molecular weight is 482 g/mol. The van der Waals surface area contributed by atoms with Crippen LogP contribution in [-0.2, 0) is 14.3 Å². The maximum absolute atomic E-state index is 12.6. The van der Waals surface area contributed by atoms with Crippen molar-refractivity contribution in [2.75, 3.05) is 52.7 Å². The van der Waals surface area contributed by atoms with Crippen molar-refractivity contribution in [3.63, 3.8) is 0 Å². The van der Waals surface area contributed by atoms with Gasteiger partial charge in [0.15, 0.2) is 18.1 Å². The Bertz CT molecular complexity index is 1090. The largest absolute Gasteiger partial charge is 0.490 e. The topological polar surface area (TPSA) is 112 Å². The Balaban J connectivity index is 1.33. The molecule has 0 aromatic heterocycles. The molecular formula is C25H26N2O8. The molecule has 2 heterocycles. The van der Waals surface area contributed by atoms with Gasteiger partial charge in [0.25, 0.3) is 17.7 Å². The molecule has 0 radical (unpaired) electrons. The van der Waals surface area contributed by atoms with Gasteiger partial charge in [-0.1, -0.05) is 12.1 Å². The molecule has 0 spiro atoms. The number of benzene rings is 2. The molecule has 2 aromatic rings. The van der Waals surface area contributed by atoms with Crippen LogP contribution in [0.4, 0.5) is 0 Å². The second kappa shape index (κ2) is 11.0. The Morgan fingerprint density at radius 2 is 1.63 bits per heavy atom. The summed E-state index contributed by atoms with van der Waals surface area (Å²) < 4.78 is 21.8. The first-order valence-electron chi connectivity index (χ1n) is 11.4. The monoisotopic (exact) mass is 482 g/mol. The van der Waals surface area contributed by atoms with E-state index >= 15 is 0 Å².